The van der Waals surface area contributed by atoms with Crippen molar-refractivity contribution in [2.75, 3.05) is 18.8 Å². The number of thioether (sulfide) groups is 2. The molecular formula is C17H24N4OS2. The Hall–Kier alpha value is -1.47. The molecule has 0 aliphatic heterocycles. The third kappa shape index (κ3) is 5.01. The van der Waals surface area contributed by atoms with E-state index in [9.17, 15) is 4.79 Å². The predicted octanol–water partition coefficient (Wildman–Crippen LogP) is 3.38. The van der Waals surface area contributed by atoms with Crippen LogP contribution in [0.15, 0.2) is 34.3 Å². The molecule has 0 saturated carbocycles. The molecule has 1 amide bonds. The minimum atomic E-state index is 0.142. The Balaban J connectivity index is 1.91. The highest BCUT2D eigenvalue weighted by Crippen LogP contribution is 2.24. The maximum absolute atomic E-state index is 12.1. The molecule has 2 aromatic rings. The largest absolute Gasteiger partial charge is 0.343 e. The molecule has 0 atom stereocenters. The highest BCUT2D eigenvalue weighted by Gasteiger charge is 2.14. The second kappa shape index (κ2) is 9.13. The van der Waals surface area contributed by atoms with Crippen LogP contribution in [0.25, 0.3) is 0 Å². The van der Waals surface area contributed by atoms with Crippen LogP contribution in [-0.2, 0) is 17.6 Å². The number of benzene rings is 1. The van der Waals surface area contributed by atoms with Crippen molar-refractivity contribution in [3.63, 3.8) is 0 Å². The van der Waals surface area contributed by atoms with E-state index in [0.717, 1.165) is 29.8 Å². The Bertz CT molecular complexity index is 666. The van der Waals surface area contributed by atoms with Gasteiger partial charge in [0.15, 0.2) is 5.16 Å². The van der Waals surface area contributed by atoms with Crippen molar-refractivity contribution >= 4 is 29.4 Å². The van der Waals surface area contributed by atoms with Crippen molar-refractivity contribution in [1.29, 1.82) is 0 Å². The molecule has 0 bridgehead atoms. The minimum absolute atomic E-state index is 0.142. The Morgan fingerprint density at radius 1 is 1.12 bits per heavy atom. The van der Waals surface area contributed by atoms with Gasteiger partial charge in [-0.25, -0.2) is 0 Å². The first-order valence-electron chi connectivity index (χ1n) is 8.03. The summed E-state index contributed by atoms with van der Waals surface area (Å²) in [5.41, 5.74) is 1.26. The number of rotatable bonds is 8. The van der Waals surface area contributed by atoms with Crippen molar-refractivity contribution < 1.29 is 4.79 Å². The van der Waals surface area contributed by atoms with E-state index < -0.39 is 0 Å². The van der Waals surface area contributed by atoms with Crippen molar-refractivity contribution in [1.82, 2.24) is 19.7 Å². The monoisotopic (exact) mass is 364 g/mol. The fraction of sp³-hybridized carbons (Fsp3) is 0.471. The SMILES string of the molecule is CCN(CC)C(=O)CSc1nnc(CSc2ccc(C)cc2)n1C. The number of carbonyl (C=O) groups excluding carboxylic acids is 1. The van der Waals surface area contributed by atoms with Crippen LogP contribution in [-0.4, -0.2) is 44.4 Å². The van der Waals surface area contributed by atoms with Gasteiger partial charge in [0.05, 0.1) is 11.5 Å². The molecular weight excluding hydrogens is 340 g/mol. The summed E-state index contributed by atoms with van der Waals surface area (Å²) in [6.07, 6.45) is 0. The number of nitrogens with zero attached hydrogens (tertiary/aromatic N) is 4. The van der Waals surface area contributed by atoms with E-state index in [2.05, 4.69) is 41.4 Å². The van der Waals surface area contributed by atoms with E-state index in [1.54, 1.807) is 11.8 Å². The molecule has 0 aliphatic carbocycles. The maximum Gasteiger partial charge on any atom is 0.233 e. The minimum Gasteiger partial charge on any atom is -0.343 e. The lowest BCUT2D eigenvalue weighted by Crippen LogP contribution is -2.31. The van der Waals surface area contributed by atoms with Crippen LogP contribution < -0.4 is 0 Å². The van der Waals surface area contributed by atoms with Gasteiger partial charge in [-0.15, -0.1) is 22.0 Å². The van der Waals surface area contributed by atoms with E-state index in [1.807, 2.05) is 30.4 Å². The highest BCUT2D eigenvalue weighted by atomic mass is 32.2. The molecule has 2 rings (SSSR count). The van der Waals surface area contributed by atoms with E-state index in [1.165, 1.54) is 22.2 Å². The zero-order chi connectivity index (χ0) is 17.5. The van der Waals surface area contributed by atoms with Gasteiger partial charge in [-0.2, -0.15) is 0 Å². The second-order valence-corrected chi connectivity index (χ2v) is 7.41. The lowest BCUT2D eigenvalue weighted by Gasteiger charge is -2.17. The molecule has 0 unspecified atom stereocenters. The summed E-state index contributed by atoms with van der Waals surface area (Å²) in [4.78, 5) is 15.1. The lowest BCUT2D eigenvalue weighted by atomic mass is 10.2. The molecule has 1 aromatic carbocycles. The quantitative estimate of drug-likeness (QED) is 0.672. The molecule has 1 aromatic heterocycles. The molecule has 5 nitrogen and oxygen atoms in total. The van der Waals surface area contributed by atoms with Crippen LogP contribution in [0.3, 0.4) is 0 Å². The summed E-state index contributed by atoms with van der Waals surface area (Å²) >= 11 is 3.19. The zero-order valence-electron chi connectivity index (χ0n) is 14.7. The van der Waals surface area contributed by atoms with Gasteiger partial charge < -0.3 is 9.47 Å². The second-order valence-electron chi connectivity index (χ2n) is 5.41. The molecule has 0 fully saturated rings. The van der Waals surface area contributed by atoms with Gasteiger partial charge in [0.2, 0.25) is 5.91 Å². The van der Waals surface area contributed by atoms with Gasteiger partial charge in [-0.05, 0) is 32.9 Å². The number of amides is 1. The predicted molar refractivity (Wildman–Crippen MR) is 100 cm³/mol. The number of hydrogen-bond donors (Lipinski definition) is 0. The Labute approximate surface area is 152 Å². The fourth-order valence-electron chi connectivity index (χ4n) is 2.17. The summed E-state index contributed by atoms with van der Waals surface area (Å²) in [6, 6.07) is 8.46. The van der Waals surface area contributed by atoms with Crippen molar-refractivity contribution in [2.45, 2.75) is 36.6 Å². The van der Waals surface area contributed by atoms with Crippen LogP contribution in [0.4, 0.5) is 0 Å². The van der Waals surface area contributed by atoms with Gasteiger partial charge in [0.25, 0.3) is 0 Å². The molecule has 0 saturated heterocycles. The van der Waals surface area contributed by atoms with Gasteiger partial charge >= 0.3 is 0 Å². The lowest BCUT2D eigenvalue weighted by molar-refractivity contribution is -0.127. The maximum atomic E-state index is 12.1. The van der Waals surface area contributed by atoms with Crippen LogP contribution in [0.5, 0.6) is 0 Å². The molecule has 0 aliphatic rings. The van der Waals surface area contributed by atoms with Crippen molar-refractivity contribution in [2.24, 2.45) is 7.05 Å². The standard InChI is InChI=1S/C17H24N4OS2/c1-5-21(6-2)16(22)12-24-17-19-18-15(20(17)4)11-23-14-9-7-13(3)8-10-14/h7-10H,5-6,11-12H2,1-4H3. The smallest absolute Gasteiger partial charge is 0.233 e. The highest BCUT2D eigenvalue weighted by molar-refractivity contribution is 7.99. The summed E-state index contributed by atoms with van der Waals surface area (Å²) in [6.45, 7) is 7.56. The third-order valence-electron chi connectivity index (χ3n) is 3.75. The average molecular weight is 365 g/mol. The van der Waals surface area contributed by atoms with Crippen LogP contribution >= 0.6 is 23.5 Å². The molecule has 7 heteroatoms. The molecule has 0 N–H and O–H groups in total. The molecule has 1 heterocycles. The number of hydrogen-bond acceptors (Lipinski definition) is 5. The van der Waals surface area contributed by atoms with E-state index in [-0.39, 0.29) is 5.91 Å². The van der Waals surface area contributed by atoms with Crippen LogP contribution in [0.2, 0.25) is 0 Å². The van der Waals surface area contributed by atoms with Gasteiger partial charge in [0, 0.05) is 25.0 Å². The van der Waals surface area contributed by atoms with Gasteiger partial charge in [-0.1, -0.05) is 29.5 Å². The van der Waals surface area contributed by atoms with Crippen molar-refractivity contribution in [3.8, 4) is 0 Å². The number of carbonyl (C=O) groups is 1. The first-order chi connectivity index (χ1) is 11.5. The first-order valence-corrected chi connectivity index (χ1v) is 10.0. The summed E-state index contributed by atoms with van der Waals surface area (Å²) in [5.74, 6) is 2.22. The first kappa shape index (κ1) is 18.9. The Morgan fingerprint density at radius 3 is 2.42 bits per heavy atom. The topological polar surface area (TPSA) is 51.0 Å². The zero-order valence-corrected chi connectivity index (χ0v) is 16.3. The molecule has 0 radical (unpaired) electrons. The van der Waals surface area contributed by atoms with Crippen LogP contribution in [0.1, 0.15) is 25.2 Å². The Morgan fingerprint density at radius 2 is 1.79 bits per heavy atom. The normalized spacial score (nSPS) is 10.8. The summed E-state index contributed by atoms with van der Waals surface area (Å²) in [7, 11) is 1.95. The van der Waals surface area contributed by atoms with Gasteiger partial charge in [-0.3, -0.25) is 4.79 Å². The fourth-order valence-corrected chi connectivity index (χ4v) is 3.88. The molecule has 0 spiro atoms. The molecule has 24 heavy (non-hydrogen) atoms. The van der Waals surface area contributed by atoms with E-state index >= 15 is 0 Å². The third-order valence-corrected chi connectivity index (χ3v) is 5.77. The Kier molecular flexibility index (Phi) is 7.17. The van der Waals surface area contributed by atoms with E-state index in [0.29, 0.717) is 5.75 Å². The van der Waals surface area contributed by atoms with Gasteiger partial charge in [0.1, 0.15) is 5.82 Å². The average Bonchev–Trinajstić information content (AvgIpc) is 2.93. The molecule has 130 valence electrons. The number of aromatic nitrogens is 3. The number of aryl methyl sites for hydroxylation is 1. The van der Waals surface area contributed by atoms with Crippen LogP contribution in [0, 0.1) is 6.92 Å². The summed E-state index contributed by atoms with van der Waals surface area (Å²) < 4.78 is 1.97. The summed E-state index contributed by atoms with van der Waals surface area (Å²) in [5, 5.41) is 9.26. The van der Waals surface area contributed by atoms with E-state index in [4.69, 9.17) is 0 Å². The van der Waals surface area contributed by atoms with Crippen molar-refractivity contribution in [3.05, 3.63) is 35.7 Å².